The van der Waals surface area contributed by atoms with Gasteiger partial charge in [-0.2, -0.15) is 9.79 Å². The van der Waals surface area contributed by atoms with E-state index < -0.39 is 16.1 Å². The number of nitrogens with one attached hydrogen (secondary N) is 1. The summed E-state index contributed by atoms with van der Waals surface area (Å²) in [6.45, 7) is 1.38. The maximum absolute atomic E-state index is 12.7. The second kappa shape index (κ2) is 7.04. The molecule has 2 aliphatic heterocycles. The Hall–Kier alpha value is -0.700. The Morgan fingerprint density at radius 1 is 1.43 bits per heavy atom. The van der Waals surface area contributed by atoms with E-state index in [0.717, 1.165) is 24.0 Å². The maximum Gasteiger partial charge on any atom is 0.216 e. The van der Waals surface area contributed by atoms with Gasteiger partial charge in [0.2, 0.25) is 10.0 Å². The van der Waals surface area contributed by atoms with Crippen LogP contribution in [0.3, 0.4) is 0 Å². The van der Waals surface area contributed by atoms with Crippen molar-refractivity contribution in [3.63, 3.8) is 0 Å². The summed E-state index contributed by atoms with van der Waals surface area (Å²) in [5.74, 6) is -0.177. The zero-order valence-corrected chi connectivity index (χ0v) is 14.3. The third-order valence-corrected chi connectivity index (χ3v) is 6.62. The predicted molar refractivity (Wildman–Crippen MR) is 87.0 cm³/mol. The lowest BCUT2D eigenvalue weighted by atomic mass is 10.0. The Bertz CT molecular complexity index is 661. The zero-order valence-electron chi connectivity index (χ0n) is 12.7. The Balaban J connectivity index is 1.72. The van der Waals surface area contributed by atoms with E-state index in [1.54, 1.807) is 0 Å². The molecule has 0 aromatic heterocycles. The molecular formula is C15H21ClN2O4S. The lowest BCUT2D eigenvalue weighted by Crippen LogP contribution is -2.47. The van der Waals surface area contributed by atoms with Crippen molar-refractivity contribution in [2.75, 3.05) is 18.9 Å². The van der Waals surface area contributed by atoms with Crippen molar-refractivity contribution in [3.8, 4) is 0 Å². The first-order valence-electron chi connectivity index (χ1n) is 7.76. The molecule has 6 nitrogen and oxygen atoms in total. The van der Waals surface area contributed by atoms with Crippen molar-refractivity contribution in [1.82, 2.24) is 9.79 Å². The van der Waals surface area contributed by atoms with Gasteiger partial charge in [-0.05, 0) is 42.5 Å². The summed E-state index contributed by atoms with van der Waals surface area (Å²) in [4.78, 5) is 0. The van der Waals surface area contributed by atoms with Crippen LogP contribution < -0.4 is 5.48 Å². The van der Waals surface area contributed by atoms with E-state index in [-0.39, 0.29) is 11.9 Å². The molecule has 3 rings (SSSR count). The van der Waals surface area contributed by atoms with E-state index in [2.05, 4.69) is 5.48 Å². The molecule has 2 atom stereocenters. The third kappa shape index (κ3) is 3.87. The van der Waals surface area contributed by atoms with Gasteiger partial charge in [0.05, 0.1) is 17.9 Å². The first-order valence-corrected chi connectivity index (χ1v) is 9.74. The molecule has 1 aromatic rings. The number of fused-ring (bicyclic) bond motifs is 1. The molecule has 0 amide bonds. The maximum atomic E-state index is 12.7. The van der Waals surface area contributed by atoms with Gasteiger partial charge in [-0.1, -0.05) is 17.7 Å². The van der Waals surface area contributed by atoms with Gasteiger partial charge >= 0.3 is 0 Å². The van der Waals surface area contributed by atoms with Crippen LogP contribution in [-0.4, -0.2) is 49.0 Å². The Kier molecular flexibility index (Phi) is 5.25. The molecule has 2 heterocycles. The molecule has 1 fully saturated rings. The Labute approximate surface area is 141 Å². The first kappa shape index (κ1) is 17.1. The molecule has 0 saturated carbocycles. The average molecular weight is 361 g/mol. The SMILES string of the molecule is O=S(=O)(CC(NO)[C@H]1CCCO1)N1CCc2ccc(Cl)cc2C1. The van der Waals surface area contributed by atoms with E-state index >= 15 is 0 Å². The summed E-state index contributed by atoms with van der Waals surface area (Å²) in [7, 11) is -3.50. The van der Waals surface area contributed by atoms with Crippen molar-refractivity contribution < 1.29 is 18.4 Å². The van der Waals surface area contributed by atoms with Crippen LogP contribution in [0.15, 0.2) is 18.2 Å². The molecule has 2 N–H and O–H groups in total. The second-order valence-electron chi connectivity index (χ2n) is 6.06. The molecule has 1 unspecified atom stereocenters. The van der Waals surface area contributed by atoms with E-state index in [4.69, 9.17) is 16.3 Å². The quantitative estimate of drug-likeness (QED) is 0.779. The summed E-state index contributed by atoms with van der Waals surface area (Å²) in [6.07, 6.45) is 2.05. The number of hydroxylamine groups is 1. The van der Waals surface area contributed by atoms with Crippen LogP contribution in [0.2, 0.25) is 5.02 Å². The highest BCUT2D eigenvalue weighted by Gasteiger charge is 2.34. The van der Waals surface area contributed by atoms with Crippen molar-refractivity contribution in [3.05, 3.63) is 34.3 Å². The van der Waals surface area contributed by atoms with Crippen molar-refractivity contribution in [2.45, 2.75) is 38.0 Å². The fourth-order valence-corrected chi connectivity index (χ4v) is 5.07. The van der Waals surface area contributed by atoms with E-state index in [0.29, 0.717) is 31.1 Å². The number of hydrogen-bond donors (Lipinski definition) is 2. The molecule has 128 valence electrons. The molecule has 1 saturated heterocycles. The van der Waals surface area contributed by atoms with Crippen LogP contribution in [0.5, 0.6) is 0 Å². The predicted octanol–water partition coefficient (Wildman–Crippen LogP) is 1.55. The largest absolute Gasteiger partial charge is 0.376 e. The Morgan fingerprint density at radius 3 is 2.96 bits per heavy atom. The number of hydrogen-bond acceptors (Lipinski definition) is 5. The van der Waals surface area contributed by atoms with Gasteiger partial charge < -0.3 is 9.94 Å². The van der Waals surface area contributed by atoms with E-state index in [9.17, 15) is 13.6 Å². The standard InChI is InChI=1S/C15H21ClN2O4S/c16-13-4-3-11-5-6-18(9-12(11)8-13)23(20,21)10-14(17-19)15-2-1-7-22-15/h3-4,8,14-15,17,19H,1-2,5-7,9-10H2/t14?,15-/m1/s1. The minimum absolute atomic E-state index is 0.177. The number of nitrogens with zero attached hydrogens (tertiary/aromatic N) is 1. The average Bonchev–Trinajstić information content (AvgIpc) is 3.06. The van der Waals surface area contributed by atoms with Crippen LogP contribution in [0.25, 0.3) is 0 Å². The van der Waals surface area contributed by atoms with Gasteiger partial charge in [-0.25, -0.2) is 8.42 Å². The number of sulfonamides is 1. The van der Waals surface area contributed by atoms with Crippen molar-refractivity contribution in [2.24, 2.45) is 0 Å². The highest BCUT2D eigenvalue weighted by atomic mass is 35.5. The van der Waals surface area contributed by atoms with E-state index in [1.165, 1.54) is 4.31 Å². The van der Waals surface area contributed by atoms with Gasteiger partial charge in [-0.3, -0.25) is 0 Å². The summed E-state index contributed by atoms with van der Waals surface area (Å²) in [5, 5.41) is 9.92. The number of benzene rings is 1. The fourth-order valence-electron chi connectivity index (χ4n) is 3.22. The van der Waals surface area contributed by atoms with Gasteiger partial charge in [0.1, 0.15) is 0 Å². The lowest BCUT2D eigenvalue weighted by molar-refractivity contribution is 0.0277. The van der Waals surface area contributed by atoms with Crippen LogP contribution in [0.4, 0.5) is 0 Å². The van der Waals surface area contributed by atoms with Crippen LogP contribution in [0, 0.1) is 0 Å². The summed E-state index contributed by atoms with van der Waals surface area (Å²) in [6, 6.07) is 4.99. The topological polar surface area (TPSA) is 78.9 Å². The molecule has 0 bridgehead atoms. The summed E-state index contributed by atoms with van der Waals surface area (Å²) in [5.41, 5.74) is 4.19. The summed E-state index contributed by atoms with van der Waals surface area (Å²) < 4.78 is 32.3. The Morgan fingerprint density at radius 2 is 2.26 bits per heavy atom. The molecule has 23 heavy (non-hydrogen) atoms. The second-order valence-corrected chi connectivity index (χ2v) is 8.51. The zero-order chi connectivity index (χ0) is 16.4. The van der Waals surface area contributed by atoms with Crippen LogP contribution in [-0.2, 0) is 27.7 Å². The molecule has 0 aliphatic carbocycles. The normalized spacial score (nSPS) is 23.7. The highest BCUT2D eigenvalue weighted by molar-refractivity contribution is 7.89. The molecule has 8 heteroatoms. The molecular weight excluding hydrogens is 340 g/mol. The first-order chi connectivity index (χ1) is 11.0. The smallest absolute Gasteiger partial charge is 0.216 e. The molecule has 0 spiro atoms. The number of halogens is 1. The minimum Gasteiger partial charge on any atom is -0.376 e. The van der Waals surface area contributed by atoms with Crippen molar-refractivity contribution in [1.29, 1.82) is 0 Å². The van der Waals surface area contributed by atoms with Gasteiger partial charge in [0, 0.05) is 24.7 Å². The van der Waals surface area contributed by atoms with Gasteiger partial charge in [0.15, 0.2) is 0 Å². The van der Waals surface area contributed by atoms with Crippen molar-refractivity contribution >= 4 is 21.6 Å². The number of ether oxygens (including phenoxy) is 1. The fraction of sp³-hybridized carbons (Fsp3) is 0.600. The van der Waals surface area contributed by atoms with Gasteiger partial charge in [0.25, 0.3) is 0 Å². The van der Waals surface area contributed by atoms with Crippen LogP contribution in [0.1, 0.15) is 24.0 Å². The van der Waals surface area contributed by atoms with Gasteiger partial charge in [-0.15, -0.1) is 0 Å². The third-order valence-electron chi connectivity index (χ3n) is 4.51. The molecule has 1 aromatic carbocycles. The van der Waals surface area contributed by atoms with E-state index in [1.807, 2.05) is 18.2 Å². The lowest BCUT2D eigenvalue weighted by Gasteiger charge is -2.30. The molecule has 0 radical (unpaired) electrons. The highest BCUT2D eigenvalue weighted by Crippen LogP contribution is 2.25. The monoisotopic (exact) mass is 360 g/mol. The number of rotatable bonds is 5. The molecule has 2 aliphatic rings. The minimum atomic E-state index is -3.50. The summed E-state index contributed by atoms with van der Waals surface area (Å²) >= 11 is 6.00. The van der Waals surface area contributed by atoms with Crippen LogP contribution >= 0.6 is 11.6 Å².